The number of carbonyl (C=O) groups excluding carboxylic acids is 2. The van der Waals surface area contributed by atoms with Crippen LogP contribution in [0.2, 0.25) is 0 Å². The molecule has 0 radical (unpaired) electrons. The van der Waals surface area contributed by atoms with Crippen LogP contribution in [0, 0.1) is 6.92 Å². The molecule has 8 heteroatoms. The molecule has 0 spiro atoms. The SMILES string of the molecule is COCCCN1C(=O)C(=O)/C(=C(\O)c2ccc(OCc3ccccc3)c(C)c2)C1c1ccc(OC)c(O)c1. The highest BCUT2D eigenvalue weighted by Gasteiger charge is 2.46. The van der Waals surface area contributed by atoms with Gasteiger partial charge in [0, 0.05) is 25.8 Å². The maximum absolute atomic E-state index is 13.2. The molecule has 1 fully saturated rings. The summed E-state index contributed by atoms with van der Waals surface area (Å²) in [6.07, 6.45) is 0.495. The van der Waals surface area contributed by atoms with E-state index in [4.69, 9.17) is 14.2 Å². The van der Waals surface area contributed by atoms with Gasteiger partial charge in [-0.15, -0.1) is 0 Å². The van der Waals surface area contributed by atoms with Gasteiger partial charge in [0.05, 0.1) is 18.7 Å². The minimum Gasteiger partial charge on any atom is -0.507 e. The molecule has 1 saturated heterocycles. The predicted octanol–water partition coefficient (Wildman–Crippen LogP) is 4.75. The average molecular weight is 518 g/mol. The third kappa shape index (κ3) is 5.50. The number of methoxy groups -OCH3 is 2. The second kappa shape index (κ2) is 11.8. The molecule has 3 aromatic carbocycles. The van der Waals surface area contributed by atoms with Gasteiger partial charge in [0.15, 0.2) is 11.5 Å². The summed E-state index contributed by atoms with van der Waals surface area (Å²) < 4.78 is 16.2. The molecule has 1 amide bonds. The number of aromatic hydroxyl groups is 1. The lowest BCUT2D eigenvalue weighted by Crippen LogP contribution is -2.31. The number of phenolic OH excluding ortho intramolecular Hbond substituents is 1. The van der Waals surface area contributed by atoms with Gasteiger partial charge in [-0.25, -0.2) is 0 Å². The largest absolute Gasteiger partial charge is 0.507 e. The molecule has 1 aliphatic rings. The van der Waals surface area contributed by atoms with Crippen LogP contribution in [0.15, 0.2) is 72.3 Å². The highest BCUT2D eigenvalue weighted by Crippen LogP contribution is 2.42. The molecule has 8 nitrogen and oxygen atoms in total. The van der Waals surface area contributed by atoms with E-state index in [2.05, 4.69) is 0 Å². The van der Waals surface area contributed by atoms with Gasteiger partial charge >= 0.3 is 0 Å². The molecule has 38 heavy (non-hydrogen) atoms. The first-order valence-electron chi connectivity index (χ1n) is 12.3. The first kappa shape index (κ1) is 26.8. The van der Waals surface area contributed by atoms with Crippen LogP contribution in [0.3, 0.4) is 0 Å². The molecule has 1 aliphatic heterocycles. The lowest BCUT2D eigenvalue weighted by molar-refractivity contribution is -0.140. The number of likely N-dealkylation sites (tertiary alicyclic amines) is 1. The van der Waals surface area contributed by atoms with E-state index < -0.39 is 17.7 Å². The third-order valence-corrected chi connectivity index (χ3v) is 6.49. The molecule has 4 rings (SSSR count). The second-order valence-electron chi connectivity index (χ2n) is 9.02. The van der Waals surface area contributed by atoms with Gasteiger partial charge in [0.25, 0.3) is 11.7 Å². The standard InChI is InChI=1S/C30H31NO7/c1-19-16-22(11-12-24(19)38-18-20-8-5-4-6-9-20)28(33)26-27(21-10-13-25(37-3)23(32)17-21)31(14-7-15-36-2)30(35)29(26)34/h4-6,8-13,16-17,27,32-33H,7,14-15,18H2,1-3H3/b28-26-. The third-order valence-electron chi connectivity index (χ3n) is 6.49. The normalized spacial score (nSPS) is 16.6. The van der Waals surface area contributed by atoms with Crippen molar-refractivity contribution in [2.24, 2.45) is 0 Å². The Kier molecular flexibility index (Phi) is 8.33. The fourth-order valence-electron chi connectivity index (χ4n) is 4.56. The van der Waals surface area contributed by atoms with Crippen molar-refractivity contribution in [3.05, 3.63) is 94.6 Å². The summed E-state index contributed by atoms with van der Waals surface area (Å²) in [5.41, 5.74) is 2.59. The van der Waals surface area contributed by atoms with E-state index in [1.807, 2.05) is 37.3 Å². The Bertz CT molecular complexity index is 1350. The molecular weight excluding hydrogens is 486 g/mol. The van der Waals surface area contributed by atoms with E-state index in [0.717, 1.165) is 11.1 Å². The number of aliphatic hydroxyl groups is 1. The van der Waals surface area contributed by atoms with Gasteiger partial charge in [-0.3, -0.25) is 9.59 Å². The Morgan fingerprint density at radius 2 is 1.71 bits per heavy atom. The molecule has 3 aromatic rings. The highest BCUT2D eigenvalue weighted by molar-refractivity contribution is 6.46. The Hall–Kier alpha value is -4.30. The van der Waals surface area contributed by atoms with Crippen LogP contribution in [-0.4, -0.2) is 54.2 Å². The summed E-state index contributed by atoms with van der Waals surface area (Å²) >= 11 is 0. The molecule has 0 aromatic heterocycles. The van der Waals surface area contributed by atoms with E-state index >= 15 is 0 Å². The molecule has 0 bridgehead atoms. The van der Waals surface area contributed by atoms with Crippen LogP contribution < -0.4 is 9.47 Å². The topological polar surface area (TPSA) is 106 Å². The van der Waals surface area contributed by atoms with E-state index in [1.165, 1.54) is 18.1 Å². The number of ketones is 1. The Labute approximate surface area is 221 Å². The Morgan fingerprint density at radius 3 is 2.37 bits per heavy atom. The predicted molar refractivity (Wildman–Crippen MR) is 142 cm³/mol. The molecule has 1 heterocycles. The second-order valence-corrected chi connectivity index (χ2v) is 9.02. The maximum Gasteiger partial charge on any atom is 0.295 e. The number of aliphatic hydroxyl groups excluding tert-OH is 1. The Morgan fingerprint density at radius 1 is 0.974 bits per heavy atom. The number of phenols is 1. The minimum absolute atomic E-state index is 0.0469. The van der Waals surface area contributed by atoms with Crippen LogP contribution in [-0.2, 0) is 20.9 Å². The van der Waals surface area contributed by atoms with Crippen LogP contribution in [0.25, 0.3) is 5.76 Å². The number of amides is 1. The zero-order valence-corrected chi connectivity index (χ0v) is 21.6. The summed E-state index contributed by atoms with van der Waals surface area (Å²) in [6, 6.07) is 18.6. The summed E-state index contributed by atoms with van der Waals surface area (Å²) in [4.78, 5) is 27.7. The smallest absolute Gasteiger partial charge is 0.295 e. The number of ether oxygens (including phenoxy) is 3. The van der Waals surface area contributed by atoms with Gasteiger partial charge in [-0.2, -0.15) is 0 Å². The number of carbonyl (C=O) groups is 2. The fraction of sp³-hybridized carbons (Fsp3) is 0.267. The van der Waals surface area contributed by atoms with Crippen molar-refractivity contribution in [2.45, 2.75) is 26.0 Å². The molecule has 0 aliphatic carbocycles. The first-order valence-corrected chi connectivity index (χ1v) is 12.3. The van der Waals surface area contributed by atoms with Crippen LogP contribution in [0.4, 0.5) is 0 Å². The summed E-state index contributed by atoms with van der Waals surface area (Å²) in [7, 11) is 2.99. The van der Waals surface area contributed by atoms with Crippen molar-refractivity contribution >= 4 is 17.4 Å². The lowest BCUT2D eigenvalue weighted by Gasteiger charge is -2.25. The zero-order valence-electron chi connectivity index (χ0n) is 21.6. The number of hydrogen-bond acceptors (Lipinski definition) is 7. The maximum atomic E-state index is 13.2. The van der Waals surface area contributed by atoms with Gasteiger partial charge in [0.1, 0.15) is 18.1 Å². The Balaban J connectivity index is 1.71. The van der Waals surface area contributed by atoms with Gasteiger partial charge in [-0.05, 0) is 60.4 Å². The molecule has 1 unspecified atom stereocenters. The van der Waals surface area contributed by atoms with E-state index in [9.17, 15) is 19.8 Å². The summed E-state index contributed by atoms with van der Waals surface area (Å²) in [6.45, 7) is 2.87. The van der Waals surface area contributed by atoms with E-state index in [0.29, 0.717) is 36.5 Å². The molecule has 0 saturated carbocycles. The number of hydrogen-bond donors (Lipinski definition) is 2. The number of rotatable bonds is 10. The van der Waals surface area contributed by atoms with Crippen molar-refractivity contribution < 1.29 is 34.0 Å². The van der Waals surface area contributed by atoms with Crippen LogP contribution in [0.5, 0.6) is 17.2 Å². The quantitative estimate of drug-likeness (QED) is 0.173. The van der Waals surface area contributed by atoms with Crippen LogP contribution >= 0.6 is 0 Å². The number of aryl methyl sites for hydroxylation is 1. The summed E-state index contributed by atoms with van der Waals surface area (Å²) in [5, 5.41) is 21.7. The minimum atomic E-state index is -0.891. The molecular formula is C30H31NO7. The van der Waals surface area contributed by atoms with Gasteiger partial charge < -0.3 is 29.3 Å². The highest BCUT2D eigenvalue weighted by atomic mass is 16.5. The van der Waals surface area contributed by atoms with Crippen molar-refractivity contribution in [2.75, 3.05) is 27.4 Å². The van der Waals surface area contributed by atoms with Crippen molar-refractivity contribution in [3.63, 3.8) is 0 Å². The van der Waals surface area contributed by atoms with Crippen molar-refractivity contribution in [1.29, 1.82) is 0 Å². The van der Waals surface area contributed by atoms with Crippen LogP contribution in [0.1, 0.15) is 34.7 Å². The lowest BCUT2D eigenvalue weighted by atomic mass is 9.94. The average Bonchev–Trinajstić information content (AvgIpc) is 3.17. The molecule has 1 atom stereocenters. The van der Waals surface area contributed by atoms with E-state index in [-0.39, 0.29) is 29.4 Å². The zero-order chi connectivity index (χ0) is 27.2. The molecule has 2 N–H and O–H groups in total. The molecule has 198 valence electrons. The van der Waals surface area contributed by atoms with Gasteiger partial charge in [-0.1, -0.05) is 36.4 Å². The van der Waals surface area contributed by atoms with Gasteiger partial charge in [0.2, 0.25) is 0 Å². The monoisotopic (exact) mass is 517 g/mol. The first-order chi connectivity index (χ1) is 18.3. The number of benzene rings is 3. The number of nitrogens with zero attached hydrogens (tertiary/aromatic N) is 1. The number of Topliss-reactive ketones (excluding diaryl/α,β-unsaturated/α-hetero) is 1. The van der Waals surface area contributed by atoms with Crippen molar-refractivity contribution in [3.8, 4) is 17.2 Å². The summed E-state index contributed by atoms with van der Waals surface area (Å²) in [5.74, 6) is -1.04. The fourth-order valence-corrected chi connectivity index (χ4v) is 4.56. The van der Waals surface area contributed by atoms with E-state index in [1.54, 1.807) is 37.4 Å². The van der Waals surface area contributed by atoms with Crippen molar-refractivity contribution in [1.82, 2.24) is 4.90 Å².